The molecule has 4 nitrogen and oxygen atoms in total. The Morgan fingerprint density at radius 1 is 1.04 bits per heavy atom. The normalized spacial score (nSPS) is 21.7. The second kappa shape index (κ2) is 6.93. The van der Waals surface area contributed by atoms with Gasteiger partial charge in [0.05, 0.1) is 23.0 Å². The van der Waals surface area contributed by atoms with Crippen molar-refractivity contribution in [3.63, 3.8) is 0 Å². The van der Waals surface area contributed by atoms with Crippen LogP contribution in [0, 0.1) is 0 Å². The van der Waals surface area contributed by atoms with Gasteiger partial charge in [0.25, 0.3) is 0 Å². The zero-order valence-electron chi connectivity index (χ0n) is 15.3. The molecule has 1 unspecified atom stereocenters. The number of rotatable bonds is 2. The molecule has 2 aromatic rings. The first-order chi connectivity index (χ1) is 12.6. The van der Waals surface area contributed by atoms with E-state index in [1.54, 1.807) is 0 Å². The lowest BCUT2D eigenvalue weighted by Crippen LogP contribution is -2.58. The molecule has 0 saturated carbocycles. The second-order valence-electron chi connectivity index (χ2n) is 7.36. The number of anilines is 2. The van der Waals surface area contributed by atoms with Gasteiger partial charge in [-0.05, 0) is 50.6 Å². The second-order valence-corrected chi connectivity index (χ2v) is 7.76. The maximum absolute atomic E-state index is 6.40. The number of hydrogen-bond donors (Lipinski definition) is 2. The van der Waals surface area contributed by atoms with E-state index in [-0.39, 0.29) is 11.6 Å². The van der Waals surface area contributed by atoms with E-state index in [0.29, 0.717) is 0 Å². The highest BCUT2D eigenvalue weighted by molar-refractivity contribution is 6.31. The number of fused-ring (bicyclic) bond motifs is 1. The van der Waals surface area contributed by atoms with Crippen LogP contribution in [0.15, 0.2) is 53.5 Å². The van der Waals surface area contributed by atoms with Gasteiger partial charge in [0.15, 0.2) is 0 Å². The molecule has 136 valence electrons. The summed E-state index contributed by atoms with van der Waals surface area (Å²) in [7, 11) is 2.18. The van der Waals surface area contributed by atoms with E-state index < -0.39 is 0 Å². The Morgan fingerprint density at radius 3 is 2.42 bits per heavy atom. The Balaban J connectivity index is 1.73. The topological polar surface area (TPSA) is 39.7 Å². The third-order valence-corrected chi connectivity index (χ3v) is 5.87. The first-order valence-corrected chi connectivity index (χ1v) is 9.61. The lowest BCUT2D eigenvalue weighted by atomic mass is 9.83. The molecule has 4 rings (SSSR count). The molecule has 1 atom stereocenters. The summed E-state index contributed by atoms with van der Waals surface area (Å²) in [5, 5.41) is 8.19. The van der Waals surface area contributed by atoms with Crippen molar-refractivity contribution in [2.75, 3.05) is 30.8 Å². The molecular formula is C21H25ClN4. The van der Waals surface area contributed by atoms with E-state index in [1.165, 1.54) is 0 Å². The van der Waals surface area contributed by atoms with Gasteiger partial charge in [-0.15, -0.1) is 0 Å². The zero-order valence-corrected chi connectivity index (χ0v) is 16.1. The monoisotopic (exact) mass is 368 g/mol. The summed E-state index contributed by atoms with van der Waals surface area (Å²) in [5.41, 5.74) is 3.16. The van der Waals surface area contributed by atoms with E-state index in [2.05, 4.69) is 59.8 Å². The summed E-state index contributed by atoms with van der Waals surface area (Å²) in [5.74, 6) is 1.02. The first-order valence-electron chi connectivity index (χ1n) is 9.23. The van der Waals surface area contributed by atoms with Crippen LogP contribution in [0.3, 0.4) is 0 Å². The number of aliphatic imine (C=N–C) groups is 1. The number of nitrogens with zero attached hydrogens (tertiary/aromatic N) is 2. The Morgan fingerprint density at radius 2 is 1.69 bits per heavy atom. The summed E-state index contributed by atoms with van der Waals surface area (Å²) in [6.07, 6.45) is 2.05. The SMILES string of the molecule is CC(N=C1Nc2ccccc2NC12CCN(C)CC2)c1ccccc1Cl. The molecule has 5 heteroatoms. The van der Waals surface area contributed by atoms with Gasteiger partial charge in [-0.3, -0.25) is 4.99 Å². The Labute approximate surface area is 160 Å². The van der Waals surface area contributed by atoms with Crippen LogP contribution >= 0.6 is 11.6 Å². The van der Waals surface area contributed by atoms with Crippen molar-refractivity contribution in [3.8, 4) is 0 Å². The molecule has 0 amide bonds. The lowest BCUT2D eigenvalue weighted by Gasteiger charge is -2.46. The van der Waals surface area contributed by atoms with Crippen LogP contribution < -0.4 is 10.6 Å². The average Bonchev–Trinajstić information content (AvgIpc) is 2.65. The third-order valence-electron chi connectivity index (χ3n) is 5.53. The largest absolute Gasteiger partial charge is 0.371 e. The maximum Gasteiger partial charge on any atom is 0.127 e. The Hall–Kier alpha value is -2.04. The number of likely N-dealkylation sites (tertiary alicyclic amines) is 1. The van der Waals surface area contributed by atoms with E-state index in [9.17, 15) is 0 Å². The van der Waals surface area contributed by atoms with Crippen LogP contribution in [0.1, 0.15) is 31.4 Å². The third kappa shape index (κ3) is 3.19. The number of nitrogens with one attached hydrogen (secondary N) is 2. The minimum Gasteiger partial charge on any atom is -0.371 e. The molecule has 2 aliphatic heterocycles. The van der Waals surface area contributed by atoms with Gasteiger partial charge in [-0.1, -0.05) is 41.9 Å². The van der Waals surface area contributed by atoms with Crippen molar-refractivity contribution >= 4 is 28.8 Å². The highest BCUT2D eigenvalue weighted by Crippen LogP contribution is 2.38. The van der Waals surface area contributed by atoms with Crippen LogP contribution in [-0.4, -0.2) is 36.4 Å². The zero-order chi connectivity index (χ0) is 18.1. The van der Waals surface area contributed by atoms with Crippen LogP contribution in [-0.2, 0) is 0 Å². The van der Waals surface area contributed by atoms with Crippen molar-refractivity contribution in [2.24, 2.45) is 4.99 Å². The standard InChI is InChI=1S/C21H25ClN4/c1-15(16-7-3-4-8-17(16)22)23-20-21(11-13-26(2)14-12-21)25-19-10-6-5-9-18(19)24-20/h3-10,15,25H,11-14H2,1-2H3,(H,23,24). The van der Waals surface area contributed by atoms with Crippen molar-refractivity contribution in [1.82, 2.24) is 4.90 Å². The molecule has 0 aliphatic carbocycles. The number of amidine groups is 1. The summed E-state index contributed by atoms with van der Waals surface area (Å²) in [4.78, 5) is 7.49. The molecule has 2 N–H and O–H groups in total. The van der Waals surface area contributed by atoms with Gasteiger partial charge in [-0.25, -0.2) is 0 Å². The molecule has 2 heterocycles. The molecule has 2 aromatic carbocycles. The molecular weight excluding hydrogens is 344 g/mol. The van der Waals surface area contributed by atoms with Gasteiger partial charge in [-0.2, -0.15) is 0 Å². The fraction of sp³-hybridized carbons (Fsp3) is 0.381. The molecule has 1 saturated heterocycles. The molecule has 26 heavy (non-hydrogen) atoms. The van der Waals surface area contributed by atoms with E-state index in [0.717, 1.165) is 53.7 Å². The minimum atomic E-state index is -0.142. The van der Waals surface area contributed by atoms with Crippen LogP contribution in [0.2, 0.25) is 5.02 Å². The summed E-state index contributed by atoms with van der Waals surface area (Å²) in [6.45, 7) is 4.21. The molecule has 1 spiro atoms. The fourth-order valence-corrected chi connectivity index (χ4v) is 4.15. The van der Waals surface area contributed by atoms with Crippen molar-refractivity contribution < 1.29 is 0 Å². The number of hydrogen-bond acceptors (Lipinski definition) is 3. The van der Waals surface area contributed by atoms with Crippen LogP contribution in [0.5, 0.6) is 0 Å². The van der Waals surface area contributed by atoms with Gasteiger partial charge < -0.3 is 15.5 Å². The molecule has 0 radical (unpaired) electrons. The Bertz CT molecular complexity index is 824. The predicted molar refractivity (Wildman–Crippen MR) is 110 cm³/mol. The molecule has 0 bridgehead atoms. The minimum absolute atomic E-state index is 0.00482. The number of para-hydroxylation sites is 2. The number of halogens is 1. The number of piperidine rings is 1. The summed E-state index contributed by atoms with van der Waals surface area (Å²) in [6, 6.07) is 16.3. The average molecular weight is 369 g/mol. The predicted octanol–water partition coefficient (Wildman–Crippen LogP) is 4.80. The molecule has 1 fully saturated rings. The van der Waals surface area contributed by atoms with Crippen molar-refractivity contribution in [1.29, 1.82) is 0 Å². The number of benzene rings is 2. The maximum atomic E-state index is 6.40. The van der Waals surface area contributed by atoms with E-state index in [1.807, 2.05) is 18.2 Å². The quantitative estimate of drug-likeness (QED) is 0.799. The fourth-order valence-electron chi connectivity index (χ4n) is 3.86. The van der Waals surface area contributed by atoms with Crippen molar-refractivity contribution in [2.45, 2.75) is 31.3 Å². The van der Waals surface area contributed by atoms with E-state index in [4.69, 9.17) is 16.6 Å². The van der Waals surface area contributed by atoms with E-state index >= 15 is 0 Å². The van der Waals surface area contributed by atoms with Gasteiger partial charge >= 0.3 is 0 Å². The molecule has 0 aromatic heterocycles. The van der Waals surface area contributed by atoms with Gasteiger partial charge in [0.2, 0.25) is 0 Å². The van der Waals surface area contributed by atoms with Gasteiger partial charge in [0.1, 0.15) is 5.84 Å². The summed E-state index contributed by atoms with van der Waals surface area (Å²) >= 11 is 6.40. The van der Waals surface area contributed by atoms with Crippen molar-refractivity contribution in [3.05, 3.63) is 59.1 Å². The summed E-state index contributed by atoms with van der Waals surface area (Å²) < 4.78 is 0. The lowest BCUT2D eigenvalue weighted by molar-refractivity contribution is 0.240. The highest BCUT2D eigenvalue weighted by Gasteiger charge is 2.42. The highest BCUT2D eigenvalue weighted by atomic mass is 35.5. The smallest absolute Gasteiger partial charge is 0.127 e. The molecule has 2 aliphatic rings. The Kier molecular flexibility index (Phi) is 4.63. The van der Waals surface area contributed by atoms with Gasteiger partial charge in [0, 0.05) is 18.1 Å². The van der Waals surface area contributed by atoms with Crippen LogP contribution in [0.25, 0.3) is 0 Å². The van der Waals surface area contributed by atoms with Crippen LogP contribution in [0.4, 0.5) is 11.4 Å². The first kappa shape index (κ1) is 17.4.